The maximum Gasteiger partial charge on any atom is 0.256 e. The minimum atomic E-state index is -0.619. The normalized spacial score (nSPS) is 18.6. The maximum absolute atomic E-state index is 12.8. The number of hydrogen-bond acceptors (Lipinski definition) is 6. The third kappa shape index (κ3) is 3.40. The van der Waals surface area contributed by atoms with E-state index in [2.05, 4.69) is 5.32 Å². The van der Waals surface area contributed by atoms with Gasteiger partial charge >= 0.3 is 0 Å². The second-order valence-electron chi connectivity index (χ2n) is 6.25. The molecule has 2 heterocycles. The largest absolute Gasteiger partial charge is 0.494 e. The third-order valence-corrected chi connectivity index (χ3v) is 4.44. The Bertz CT molecular complexity index is 865. The summed E-state index contributed by atoms with van der Waals surface area (Å²) in [5, 5.41) is 3.13. The number of ether oxygens (including phenoxy) is 3. The number of imide groups is 1. The lowest BCUT2D eigenvalue weighted by Gasteiger charge is -2.20. The van der Waals surface area contributed by atoms with E-state index in [9.17, 15) is 9.59 Å². The van der Waals surface area contributed by atoms with Crippen molar-refractivity contribution in [3.8, 4) is 17.2 Å². The Morgan fingerprint density at radius 1 is 1.07 bits per heavy atom. The number of carbonyl (C=O) groups is 2. The molecule has 1 saturated heterocycles. The number of amides is 2. The highest BCUT2D eigenvalue weighted by Crippen LogP contribution is 2.34. The quantitative estimate of drug-likeness (QED) is 0.818. The first-order valence-electron chi connectivity index (χ1n) is 8.91. The lowest BCUT2D eigenvalue weighted by Crippen LogP contribution is -2.34. The van der Waals surface area contributed by atoms with Gasteiger partial charge in [0.1, 0.15) is 25.0 Å². The first kappa shape index (κ1) is 17.2. The summed E-state index contributed by atoms with van der Waals surface area (Å²) < 4.78 is 16.5. The van der Waals surface area contributed by atoms with Gasteiger partial charge in [-0.25, -0.2) is 4.90 Å². The Labute approximate surface area is 156 Å². The van der Waals surface area contributed by atoms with E-state index in [1.165, 1.54) is 4.90 Å². The molecule has 0 radical (unpaired) electrons. The second kappa shape index (κ2) is 7.19. The number of hydrogen-bond donors (Lipinski definition) is 1. The lowest BCUT2D eigenvalue weighted by molar-refractivity contribution is -0.121. The molecule has 0 spiro atoms. The molecule has 7 nitrogen and oxygen atoms in total. The average Bonchev–Trinajstić information content (AvgIpc) is 2.96. The molecule has 1 fully saturated rings. The van der Waals surface area contributed by atoms with Crippen molar-refractivity contribution in [2.24, 2.45) is 0 Å². The summed E-state index contributed by atoms with van der Waals surface area (Å²) in [7, 11) is 0. The Morgan fingerprint density at radius 3 is 2.56 bits per heavy atom. The van der Waals surface area contributed by atoms with Crippen LogP contribution in [0.1, 0.15) is 13.3 Å². The van der Waals surface area contributed by atoms with Crippen LogP contribution in [0.5, 0.6) is 17.2 Å². The summed E-state index contributed by atoms with van der Waals surface area (Å²) in [6, 6.07) is 11.7. The molecule has 0 aromatic heterocycles. The Hall–Kier alpha value is -3.22. The molecule has 2 aromatic rings. The fourth-order valence-electron chi connectivity index (χ4n) is 3.21. The van der Waals surface area contributed by atoms with E-state index in [-0.39, 0.29) is 18.2 Å². The average molecular weight is 368 g/mol. The molecule has 1 unspecified atom stereocenters. The van der Waals surface area contributed by atoms with Gasteiger partial charge in [0.15, 0.2) is 11.5 Å². The molecule has 27 heavy (non-hydrogen) atoms. The maximum atomic E-state index is 12.8. The van der Waals surface area contributed by atoms with Crippen LogP contribution in [0, 0.1) is 0 Å². The van der Waals surface area contributed by atoms with Crippen LogP contribution in [0.2, 0.25) is 0 Å². The zero-order chi connectivity index (χ0) is 18.8. The molecule has 7 heteroatoms. The van der Waals surface area contributed by atoms with E-state index >= 15 is 0 Å². The summed E-state index contributed by atoms with van der Waals surface area (Å²) in [6.45, 7) is 3.47. The van der Waals surface area contributed by atoms with Gasteiger partial charge in [-0.3, -0.25) is 9.59 Å². The minimum absolute atomic E-state index is 0.0977. The number of rotatable bonds is 5. The van der Waals surface area contributed by atoms with Crippen LogP contribution in [-0.4, -0.2) is 37.7 Å². The molecule has 2 aromatic carbocycles. The highest BCUT2D eigenvalue weighted by atomic mass is 16.6. The van der Waals surface area contributed by atoms with Gasteiger partial charge in [-0.2, -0.15) is 0 Å². The van der Waals surface area contributed by atoms with Gasteiger partial charge in [0.2, 0.25) is 5.91 Å². The van der Waals surface area contributed by atoms with E-state index in [1.807, 2.05) is 13.0 Å². The highest BCUT2D eigenvalue weighted by Gasteiger charge is 2.39. The Kier molecular flexibility index (Phi) is 4.58. The van der Waals surface area contributed by atoms with E-state index in [4.69, 9.17) is 14.2 Å². The molecule has 140 valence electrons. The summed E-state index contributed by atoms with van der Waals surface area (Å²) in [6.07, 6.45) is 0.0977. The Balaban J connectivity index is 1.49. The smallest absolute Gasteiger partial charge is 0.256 e. The molecular formula is C20H20N2O5. The zero-order valence-electron chi connectivity index (χ0n) is 14.9. The first-order chi connectivity index (χ1) is 13.2. The Morgan fingerprint density at radius 2 is 1.81 bits per heavy atom. The molecule has 2 amide bonds. The van der Waals surface area contributed by atoms with Gasteiger partial charge in [0.05, 0.1) is 18.7 Å². The molecule has 1 atom stereocenters. The van der Waals surface area contributed by atoms with Crippen molar-refractivity contribution in [1.29, 1.82) is 0 Å². The topological polar surface area (TPSA) is 77.1 Å². The minimum Gasteiger partial charge on any atom is -0.494 e. The number of nitrogens with zero attached hydrogens (tertiary/aromatic N) is 1. The second-order valence-corrected chi connectivity index (χ2v) is 6.25. The molecule has 1 N–H and O–H groups in total. The van der Waals surface area contributed by atoms with Gasteiger partial charge in [0, 0.05) is 11.8 Å². The molecular weight excluding hydrogens is 348 g/mol. The van der Waals surface area contributed by atoms with Crippen molar-refractivity contribution in [2.45, 2.75) is 19.4 Å². The van der Waals surface area contributed by atoms with Crippen LogP contribution < -0.4 is 24.4 Å². The standard InChI is InChI=1S/C20H20N2O5/c1-2-25-15-6-4-14(5-7-15)22-19(23)12-16(20(22)24)21-13-3-8-17-18(11-13)27-10-9-26-17/h3-8,11,16,21H,2,9-10,12H2,1H3. The van der Waals surface area contributed by atoms with Crippen molar-refractivity contribution in [3.05, 3.63) is 42.5 Å². The van der Waals surface area contributed by atoms with E-state index < -0.39 is 6.04 Å². The van der Waals surface area contributed by atoms with Gasteiger partial charge in [0.25, 0.3) is 5.91 Å². The molecule has 2 aliphatic heterocycles. The van der Waals surface area contributed by atoms with Crippen molar-refractivity contribution in [2.75, 3.05) is 30.0 Å². The van der Waals surface area contributed by atoms with Gasteiger partial charge in [-0.1, -0.05) is 0 Å². The van der Waals surface area contributed by atoms with Gasteiger partial charge in [-0.05, 0) is 43.3 Å². The summed E-state index contributed by atoms with van der Waals surface area (Å²) in [4.78, 5) is 26.4. The third-order valence-electron chi connectivity index (χ3n) is 4.44. The van der Waals surface area contributed by atoms with E-state index in [1.54, 1.807) is 36.4 Å². The lowest BCUT2D eigenvalue weighted by atomic mass is 10.2. The van der Waals surface area contributed by atoms with Gasteiger partial charge in [-0.15, -0.1) is 0 Å². The molecule has 0 aliphatic carbocycles. The van der Waals surface area contributed by atoms with E-state index in [0.29, 0.717) is 48.4 Å². The fraction of sp³-hybridized carbons (Fsp3) is 0.300. The van der Waals surface area contributed by atoms with Crippen molar-refractivity contribution in [3.63, 3.8) is 0 Å². The number of anilines is 2. The number of fused-ring (bicyclic) bond motifs is 1. The molecule has 2 aliphatic rings. The summed E-state index contributed by atoms with van der Waals surface area (Å²) >= 11 is 0. The SMILES string of the molecule is CCOc1ccc(N2C(=O)CC(Nc3ccc4c(c3)OCCO4)C2=O)cc1. The van der Waals surface area contributed by atoms with E-state index in [0.717, 1.165) is 0 Å². The van der Waals surface area contributed by atoms with Crippen LogP contribution in [-0.2, 0) is 9.59 Å². The molecule has 0 saturated carbocycles. The van der Waals surface area contributed by atoms with Crippen LogP contribution in [0.25, 0.3) is 0 Å². The fourth-order valence-corrected chi connectivity index (χ4v) is 3.21. The number of nitrogens with one attached hydrogen (secondary N) is 1. The van der Waals surface area contributed by atoms with Crippen LogP contribution in [0.4, 0.5) is 11.4 Å². The number of carbonyl (C=O) groups excluding carboxylic acids is 2. The van der Waals surface area contributed by atoms with Crippen molar-refractivity contribution < 1.29 is 23.8 Å². The highest BCUT2D eigenvalue weighted by molar-refractivity contribution is 6.23. The number of benzene rings is 2. The monoisotopic (exact) mass is 368 g/mol. The predicted octanol–water partition coefficient (Wildman–Crippen LogP) is 2.60. The van der Waals surface area contributed by atoms with Crippen molar-refractivity contribution in [1.82, 2.24) is 0 Å². The molecule has 4 rings (SSSR count). The van der Waals surface area contributed by atoms with Crippen molar-refractivity contribution >= 4 is 23.2 Å². The first-order valence-corrected chi connectivity index (χ1v) is 8.91. The summed E-state index contributed by atoms with van der Waals surface area (Å²) in [5.41, 5.74) is 1.25. The van der Waals surface area contributed by atoms with Crippen LogP contribution in [0.15, 0.2) is 42.5 Å². The molecule has 0 bridgehead atoms. The zero-order valence-corrected chi connectivity index (χ0v) is 14.9. The van der Waals surface area contributed by atoms with Crippen LogP contribution >= 0.6 is 0 Å². The predicted molar refractivity (Wildman–Crippen MR) is 99.6 cm³/mol. The van der Waals surface area contributed by atoms with Gasteiger partial charge < -0.3 is 19.5 Å². The van der Waals surface area contributed by atoms with Crippen LogP contribution in [0.3, 0.4) is 0 Å². The summed E-state index contributed by atoms with van der Waals surface area (Å²) in [5.74, 6) is 1.49.